The molecule has 76 valence electrons. The van der Waals surface area contributed by atoms with Crippen LogP contribution in [0.5, 0.6) is 0 Å². The van der Waals surface area contributed by atoms with Crippen LogP contribution in [0.4, 0.5) is 0 Å². The highest BCUT2D eigenvalue weighted by Gasteiger charge is 2.69. The normalized spacial score (nSPS) is 41.4. The zero-order valence-electron chi connectivity index (χ0n) is 8.20. The maximum Gasteiger partial charge on any atom is 0.311 e. The van der Waals surface area contributed by atoms with Crippen molar-refractivity contribution in [3.8, 4) is 6.07 Å². The number of hydrogen-bond donors (Lipinski definition) is 1. The van der Waals surface area contributed by atoms with Crippen molar-refractivity contribution < 1.29 is 9.90 Å². The molecule has 3 heteroatoms. The molecule has 3 nitrogen and oxygen atoms in total. The first-order chi connectivity index (χ1) is 6.73. The Bertz CT molecular complexity index is 294. The van der Waals surface area contributed by atoms with Gasteiger partial charge in [-0.2, -0.15) is 5.26 Å². The first-order valence-electron chi connectivity index (χ1n) is 5.36. The van der Waals surface area contributed by atoms with Crippen molar-refractivity contribution in [2.75, 3.05) is 0 Å². The van der Waals surface area contributed by atoms with Crippen molar-refractivity contribution in [3.05, 3.63) is 0 Å². The molecule has 0 unspecified atom stereocenters. The number of hydrogen-bond acceptors (Lipinski definition) is 2. The molecule has 0 radical (unpaired) electrons. The average molecular weight is 193 g/mol. The Kier molecular flexibility index (Phi) is 2.22. The molecule has 0 amide bonds. The van der Waals surface area contributed by atoms with Gasteiger partial charge in [0.25, 0.3) is 0 Å². The lowest BCUT2D eigenvalue weighted by Gasteiger charge is -2.14. The topological polar surface area (TPSA) is 61.1 Å². The molecule has 2 aliphatic rings. The first kappa shape index (κ1) is 9.51. The van der Waals surface area contributed by atoms with E-state index in [2.05, 4.69) is 6.07 Å². The van der Waals surface area contributed by atoms with Gasteiger partial charge in [0.05, 0.1) is 17.4 Å². The fourth-order valence-electron chi connectivity index (χ4n) is 3.02. The van der Waals surface area contributed by atoms with Crippen LogP contribution in [0.3, 0.4) is 0 Å². The second-order valence-corrected chi connectivity index (χ2v) is 4.51. The Labute approximate surface area is 83.7 Å². The molecule has 1 N–H and O–H groups in total. The molecule has 0 heterocycles. The maximum atomic E-state index is 11.2. The van der Waals surface area contributed by atoms with Crippen molar-refractivity contribution >= 4 is 5.97 Å². The van der Waals surface area contributed by atoms with E-state index in [9.17, 15) is 9.90 Å². The predicted octanol–water partition coefficient (Wildman–Crippen LogP) is 2.18. The van der Waals surface area contributed by atoms with Gasteiger partial charge in [-0.1, -0.05) is 25.7 Å². The second-order valence-electron chi connectivity index (χ2n) is 4.51. The van der Waals surface area contributed by atoms with E-state index < -0.39 is 11.4 Å². The summed E-state index contributed by atoms with van der Waals surface area (Å²) in [7, 11) is 0. The summed E-state index contributed by atoms with van der Waals surface area (Å²) >= 11 is 0. The van der Waals surface area contributed by atoms with Gasteiger partial charge < -0.3 is 5.11 Å². The largest absolute Gasteiger partial charge is 0.481 e. The second kappa shape index (κ2) is 3.27. The lowest BCUT2D eigenvalue weighted by atomic mass is 9.90. The summed E-state index contributed by atoms with van der Waals surface area (Å²) in [5.41, 5.74) is -0.658. The zero-order valence-corrected chi connectivity index (χ0v) is 8.20. The minimum Gasteiger partial charge on any atom is -0.481 e. The predicted molar refractivity (Wildman–Crippen MR) is 50.4 cm³/mol. The highest BCUT2D eigenvalue weighted by Crippen LogP contribution is 2.64. The zero-order chi connectivity index (χ0) is 10.2. The molecule has 3 atom stereocenters. The lowest BCUT2D eigenvalue weighted by Crippen LogP contribution is -2.20. The van der Waals surface area contributed by atoms with Gasteiger partial charge in [-0.15, -0.1) is 0 Å². The maximum absolute atomic E-state index is 11.2. The first-order valence-corrected chi connectivity index (χ1v) is 5.36. The SMILES string of the molecule is N#C[C@H]1[C@H]2CCCCCC[C@]21C(=O)O. The third-order valence-corrected chi connectivity index (χ3v) is 3.90. The molecule has 14 heavy (non-hydrogen) atoms. The van der Waals surface area contributed by atoms with Gasteiger partial charge in [-0.3, -0.25) is 4.79 Å². The number of nitrogens with zero attached hydrogens (tertiary/aromatic N) is 1. The van der Waals surface area contributed by atoms with Crippen LogP contribution in [0.25, 0.3) is 0 Å². The van der Waals surface area contributed by atoms with Crippen LogP contribution in [0.15, 0.2) is 0 Å². The van der Waals surface area contributed by atoms with E-state index in [0.717, 1.165) is 25.7 Å². The van der Waals surface area contributed by atoms with E-state index in [1.807, 2.05) is 0 Å². The van der Waals surface area contributed by atoms with Crippen LogP contribution in [-0.2, 0) is 4.79 Å². The molecular weight excluding hydrogens is 178 g/mol. The van der Waals surface area contributed by atoms with E-state index in [0.29, 0.717) is 6.42 Å². The van der Waals surface area contributed by atoms with Gasteiger partial charge >= 0.3 is 5.97 Å². The highest BCUT2D eigenvalue weighted by atomic mass is 16.4. The van der Waals surface area contributed by atoms with Crippen LogP contribution in [0.1, 0.15) is 38.5 Å². The molecule has 0 aromatic rings. The van der Waals surface area contributed by atoms with Gasteiger partial charge in [-0.25, -0.2) is 0 Å². The number of rotatable bonds is 1. The van der Waals surface area contributed by atoms with E-state index in [1.54, 1.807) is 0 Å². The fraction of sp³-hybridized carbons (Fsp3) is 0.818. The number of carboxylic acids is 1. The molecule has 2 fully saturated rings. The van der Waals surface area contributed by atoms with Gasteiger partial charge in [0.1, 0.15) is 0 Å². The standard InChI is InChI=1S/C11H15NO2/c12-7-9-8-5-3-1-2-4-6-11(8,9)10(13)14/h8-9H,1-6H2,(H,13,14)/t8-,9+,11+/m1/s1. The van der Waals surface area contributed by atoms with Crippen LogP contribution >= 0.6 is 0 Å². The quantitative estimate of drug-likeness (QED) is 0.694. The fourth-order valence-corrected chi connectivity index (χ4v) is 3.02. The molecule has 2 rings (SSSR count). The molecule has 0 aliphatic heterocycles. The molecule has 2 aliphatic carbocycles. The van der Waals surface area contributed by atoms with Gasteiger partial charge in [0.15, 0.2) is 0 Å². The Hall–Kier alpha value is -1.04. The van der Waals surface area contributed by atoms with E-state index >= 15 is 0 Å². The summed E-state index contributed by atoms with van der Waals surface area (Å²) in [6, 6.07) is 2.18. The van der Waals surface area contributed by atoms with Crippen molar-refractivity contribution in [1.82, 2.24) is 0 Å². The lowest BCUT2D eigenvalue weighted by molar-refractivity contribution is -0.144. The summed E-state index contributed by atoms with van der Waals surface area (Å²) in [5, 5.41) is 18.1. The number of aliphatic carboxylic acids is 1. The van der Waals surface area contributed by atoms with Crippen molar-refractivity contribution in [2.24, 2.45) is 17.3 Å². The minimum absolute atomic E-state index is 0.144. The highest BCUT2D eigenvalue weighted by molar-refractivity contribution is 5.80. The van der Waals surface area contributed by atoms with E-state index in [4.69, 9.17) is 5.26 Å². The summed E-state index contributed by atoms with van der Waals surface area (Å²) in [6.07, 6.45) is 6.04. The molecule has 0 aromatic carbocycles. The molecule has 0 saturated heterocycles. The van der Waals surface area contributed by atoms with Gasteiger partial charge in [0.2, 0.25) is 0 Å². The van der Waals surface area contributed by atoms with Crippen molar-refractivity contribution in [1.29, 1.82) is 5.26 Å². The van der Waals surface area contributed by atoms with Gasteiger partial charge in [-0.05, 0) is 18.8 Å². The van der Waals surface area contributed by atoms with E-state index in [1.165, 1.54) is 6.42 Å². The van der Waals surface area contributed by atoms with Crippen LogP contribution < -0.4 is 0 Å². The molecule has 0 bridgehead atoms. The summed E-state index contributed by atoms with van der Waals surface area (Å²) in [6.45, 7) is 0. The smallest absolute Gasteiger partial charge is 0.311 e. The molecule has 2 saturated carbocycles. The average Bonchev–Trinajstić information content (AvgIpc) is 2.72. The van der Waals surface area contributed by atoms with Crippen molar-refractivity contribution in [2.45, 2.75) is 38.5 Å². The monoisotopic (exact) mass is 193 g/mol. The van der Waals surface area contributed by atoms with Crippen LogP contribution in [0.2, 0.25) is 0 Å². The van der Waals surface area contributed by atoms with Gasteiger partial charge in [0, 0.05) is 0 Å². The Morgan fingerprint density at radius 1 is 1.36 bits per heavy atom. The third-order valence-electron chi connectivity index (χ3n) is 3.90. The number of fused-ring (bicyclic) bond motifs is 1. The van der Waals surface area contributed by atoms with Crippen LogP contribution in [0, 0.1) is 28.6 Å². The van der Waals surface area contributed by atoms with E-state index in [-0.39, 0.29) is 11.8 Å². The minimum atomic E-state index is -0.740. The van der Waals surface area contributed by atoms with Crippen LogP contribution in [-0.4, -0.2) is 11.1 Å². The number of nitriles is 1. The third kappa shape index (κ3) is 1.13. The molecule has 0 spiro atoms. The summed E-state index contributed by atoms with van der Waals surface area (Å²) in [4.78, 5) is 11.2. The van der Waals surface area contributed by atoms with Crippen molar-refractivity contribution in [3.63, 3.8) is 0 Å². The Morgan fingerprint density at radius 2 is 2.07 bits per heavy atom. The molecular formula is C11H15NO2. The number of carboxylic acid groups (broad SMARTS) is 1. The summed E-state index contributed by atoms with van der Waals surface area (Å²) in [5.74, 6) is -0.806. The number of carbonyl (C=O) groups is 1. The Morgan fingerprint density at radius 3 is 2.71 bits per heavy atom. The Balaban J connectivity index is 2.19. The summed E-state index contributed by atoms with van der Waals surface area (Å²) < 4.78 is 0. The molecule has 0 aromatic heterocycles.